The fourth-order valence-corrected chi connectivity index (χ4v) is 2.45. The van der Waals surface area contributed by atoms with Crippen LogP contribution in [-0.2, 0) is 0 Å². The number of primary amides is 1. The monoisotopic (exact) mass is 412 g/mol. The van der Waals surface area contributed by atoms with E-state index in [9.17, 15) is 9.59 Å². The third-order valence-electron chi connectivity index (χ3n) is 3.30. The van der Waals surface area contributed by atoms with Gasteiger partial charge in [0.05, 0.1) is 17.4 Å². The Kier molecular flexibility index (Phi) is 5.23. The Bertz CT molecular complexity index is 961. The van der Waals surface area contributed by atoms with Gasteiger partial charge in [0.1, 0.15) is 5.75 Å². The number of carbonyl (C=O) groups is 2. The molecule has 0 atom stereocenters. The van der Waals surface area contributed by atoms with Gasteiger partial charge in [0, 0.05) is 28.5 Å². The van der Waals surface area contributed by atoms with Crippen molar-refractivity contribution in [1.29, 1.82) is 0 Å². The molecule has 1 aromatic carbocycles. The lowest BCUT2D eigenvalue weighted by Gasteiger charge is -2.08. The fourth-order valence-electron chi connectivity index (χ4n) is 2.09. The molecular formula is C18H13BrN4O3. The van der Waals surface area contributed by atoms with Crippen molar-refractivity contribution in [3.05, 3.63) is 76.7 Å². The van der Waals surface area contributed by atoms with Crippen molar-refractivity contribution < 1.29 is 14.3 Å². The number of benzene rings is 1. The summed E-state index contributed by atoms with van der Waals surface area (Å²) >= 11 is 3.27. The molecule has 8 heteroatoms. The van der Waals surface area contributed by atoms with Crippen molar-refractivity contribution in [2.75, 3.05) is 5.32 Å². The van der Waals surface area contributed by atoms with Crippen molar-refractivity contribution in [3.63, 3.8) is 0 Å². The number of hydrogen-bond donors (Lipinski definition) is 2. The van der Waals surface area contributed by atoms with E-state index in [1.54, 1.807) is 42.6 Å². The molecule has 3 rings (SSSR count). The zero-order valence-electron chi connectivity index (χ0n) is 13.3. The Morgan fingerprint density at radius 3 is 2.58 bits per heavy atom. The van der Waals surface area contributed by atoms with Crippen LogP contribution >= 0.6 is 15.9 Å². The quantitative estimate of drug-likeness (QED) is 0.667. The van der Waals surface area contributed by atoms with Crippen LogP contribution < -0.4 is 15.8 Å². The zero-order chi connectivity index (χ0) is 18.5. The number of amides is 2. The van der Waals surface area contributed by atoms with Crippen molar-refractivity contribution in [2.45, 2.75) is 0 Å². The van der Waals surface area contributed by atoms with Gasteiger partial charge in [-0.05, 0) is 46.3 Å². The highest BCUT2D eigenvalue weighted by Crippen LogP contribution is 2.21. The minimum absolute atomic E-state index is 0.302. The highest BCUT2D eigenvalue weighted by atomic mass is 79.9. The lowest BCUT2D eigenvalue weighted by molar-refractivity contribution is 0.0997. The maximum atomic E-state index is 12.2. The molecule has 0 aliphatic carbocycles. The Balaban J connectivity index is 1.68. The standard InChI is InChI=1S/C18H13BrN4O3/c19-13-6-12(8-21-9-13)18(25)23-14-4-5-16(22-10-14)26-15-3-1-2-11(7-15)17(20)24/h1-10H,(H2,20,24)(H,23,25). The van der Waals surface area contributed by atoms with E-state index >= 15 is 0 Å². The predicted molar refractivity (Wildman–Crippen MR) is 99.2 cm³/mol. The minimum Gasteiger partial charge on any atom is -0.439 e. The molecule has 7 nitrogen and oxygen atoms in total. The van der Waals surface area contributed by atoms with Gasteiger partial charge < -0.3 is 15.8 Å². The number of aromatic nitrogens is 2. The topological polar surface area (TPSA) is 107 Å². The minimum atomic E-state index is -0.538. The summed E-state index contributed by atoms with van der Waals surface area (Å²) in [5.74, 6) is -0.0912. The summed E-state index contributed by atoms with van der Waals surface area (Å²) in [6, 6.07) is 11.4. The number of carbonyl (C=O) groups excluding carboxylic acids is 2. The second-order valence-electron chi connectivity index (χ2n) is 5.23. The van der Waals surface area contributed by atoms with Crippen LogP contribution in [0.2, 0.25) is 0 Å². The summed E-state index contributed by atoms with van der Waals surface area (Å²) in [4.78, 5) is 31.4. The third kappa shape index (κ3) is 4.42. The van der Waals surface area contributed by atoms with E-state index in [4.69, 9.17) is 10.5 Å². The number of hydrogen-bond acceptors (Lipinski definition) is 5. The van der Waals surface area contributed by atoms with Gasteiger partial charge >= 0.3 is 0 Å². The molecule has 130 valence electrons. The molecule has 0 radical (unpaired) electrons. The third-order valence-corrected chi connectivity index (χ3v) is 3.74. The fraction of sp³-hybridized carbons (Fsp3) is 0. The molecule has 2 aromatic heterocycles. The van der Waals surface area contributed by atoms with E-state index in [0.717, 1.165) is 0 Å². The van der Waals surface area contributed by atoms with Crippen LogP contribution in [0, 0.1) is 0 Å². The first-order chi connectivity index (χ1) is 12.5. The van der Waals surface area contributed by atoms with E-state index in [1.807, 2.05) is 0 Å². The SMILES string of the molecule is NC(=O)c1cccc(Oc2ccc(NC(=O)c3cncc(Br)c3)cn2)c1. The van der Waals surface area contributed by atoms with E-state index in [0.29, 0.717) is 32.9 Å². The van der Waals surface area contributed by atoms with Gasteiger partial charge in [-0.1, -0.05) is 6.07 Å². The number of nitrogens with zero attached hydrogens (tertiary/aromatic N) is 2. The molecule has 0 fully saturated rings. The van der Waals surface area contributed by atoms with Gasteiger partial charge in [-0.25, -0.2) is 4.98 Å². The number of nitrogens with one attached hydrogen (secondary N) is 1. The lowest BCUT2D eigenvalue weighted by Crippen LogP contribution is -2.12. The Labute approximate surface area is 157 Å². The summed E-state index contributed by atoms with van der Waals surface area (Å²) in [7, 11) is 0. The average Bonchev–Trinajstić information content (AvgIpc) is 2.63. The van der Waals surface area contributed by atoms with Crippen LogP contribution in [-0.4, -0.2) is 21.8 Å². The van der Waals surface area contributed by atoms with E-state index in [2.05, 4.69) is 31.2 Å². The molecule has 0 bridgehead atoms. The number of halogens is 1. The van der Waals surface area contributed by atoms with Gasteiger partial charge in [0.25, 0.3) is 5.91 Å². The van der Waals surface area contributed by atoms with Crippen LogP contribution in [0.15, 0.2) is 65.5 Å². The van der Waals surface area contributed by atoms with Crippen LogP contribution in [0.3, 0.4) is 0 Å². The summed E-state index contributed by atoms with van der Waals surface area (Å²) in [6.07, 6.45) is 4.53. The van der Waals surface area contributed by atoms with Gasteiger partial charge in [-0.2, -0.15) is 0 Å². The molecule has 3 aromatic rings. The van der Waals surface area contributed by atoms with Crippen molar-refractivity contribution in [2.24, 2.45) is 5.73 Å². The summed E-state index contributed by atoms with van der Waals surface area (Å²) in [5.41, 5.74) is 6.51. The molecule has 2 heterocycles. The van der Waals surface area contributed by atoms with Crippen LogP contribution in [0.1, 0.15) is 20.7 Å². The first kappa shape index (κ1) is 17.6. The summed E-state index contributed by atoms with van der Waals surface area (Å²) in [6.45, 7) is 0. The number of anilines is 1. The van der Waals surface area contributed by atoms with E-state index in [1.165, 1.54) is 18.5 Å². The van der Waals surface area contributed by atoms with Crippen LogP contribution in [0.25, 0.3) is 0 Å². The van der Waals surface area contributed by atoms with Crippen LogP contribution in [0.4, 0.5) is 5.69 Å². The largest absolute Gasteiger partial charge is 0.439 e. The van der Waals surface area contributed by atoms with E-state index < -0.39 is 5.91 Å². The van der Waals surface area contributed by atoms with Crippen molar-refractivity contribution in [1.82, 2.24) is 9.97 Å². The first-order valence-corrected chi connectivity index (χ1v) is 8.26. The molecular weight excluding hydrogens is 400 g/mol. The predicted octanol–water partition coefficient (Wildman–Crippen LogP) is 3.38. The molecule has 26 heavy (non-hydrogen) atoms. The molecule has 0 saturated carbocycles. The number of ether oxygens (including phenoxy) is 1. The zero-order valence-corrected chi connectivity index (χ0v) is 14.9. The number of pyridine rings is 2. The lowest BCUT2D eigenvalue weighted by atomic mass is 10.2. The van der Waals surface area contributed by atoms with Gasteiger partial charge in [-0.3, -0.25) is 14.6 Å². The smallest absolute Gasteiger partial charge is 0.257 e. The normalized spacial score (nSPS) is 10.2. The molecule has 0 aliphatic heterocycles. The number of rotatable bonds is 5. The molecule has 0 saturated heterocycles. The second kappa shape index (κ2) is 7.75. The van der Waals surface area contributed by atoms with Gasteiger partial charge in [0.15, 0.2) is 0 Å². The first-order valence-electron chi connectivity index (χ1n) is 7.47. The molecule has 0 unspecified atom stereocenters. The maximum Gasteiger partial charge on any atom is 0.257 e. The molecule has 2 amide bonds. The maximum absolute atomic E-state index is 12.2. The Hall–Kier alpha value is -3.26. The van der Waals surface area contributed by atoms with Crippen molar-refractivity contribution in [3.8, 4) is 11.6 Å². The van der Waals surface area contributed by atoms with Crippen LogP contribution in [0.5, 0.6) is 11.6 Å². The summed E-state index contributed by atoms with van der Waals surface area (Å²) < 4.78 is 6.29. The van der Waals surface area contributed by atoms with Gasteiger partial charge in [0.2, 0.25) is 11.8 Å². The number of nitrogens with two attached hydrogens (primary N) is 1. The Morgan fingerprint density at radius 2 is 1.88 bits per heavy atom. The van der Waals surface area contributed by atoms with Gasteiger partial charge in [-0.15, -0.1) is 0 Å². The molecule has 0 aliphatic rings. The molecule has 3 N–H and O–H groups in total. The highest BCUT2D eigenvalue weighted by molar-refractivity contribution is 9.10. The van der Waals surface area contributed by atoms with E-state index in [-0.39, 0.29) is 5.91 Å². The Morgan fingerprint density at radius 1 is 1.04 bits per heavy atom. The second-order valence-corrected chi connectivity index (χ2v) is 6.14. The van der Waals surface area contributed by atoms with Crippen molar-refractivity contribution >= 4 is 33.4 Å². The average molecular weight is 413 g/mol. The highest BCUT2D eigenvalue weighted by Gasteiger charge is 2.08. The summed E-state index contributed by atoms with van der Waals surface area (Å²) in [5, 5.41) is 2.72. The molecule has 0 spiro atoms.